The molecule has 1 aromatic carbocycles. The fraction of sp³-hybridized carbons (Fsp3) is 0.333. The fourth-order valence-electron chi connectivity index (χ4n) is 2.06. The number of nitrogens with one attached hydrogen (secondary N) is 2. The summed E-state index contributed by atoms with van der Waals surface area (Å²) in [5, 5.41) is 16.8. The molecule has 98 valence electrons. The minimum atomic E-state index is -0.0760. The summed E-state index contributed by atoms with van der Waals surface area (Å²) < 4.78 is 0. The van der Waals surface area contributed by atoms with Crippen molar-refractivity contribution in [2.75, 3.05) is 11.5 Å². The van der Waals surface area contributed by atoms with Gasteiger partial charge >= 0.3 is 0 Å². The van der Waals surface area contributed by atoms with Gasteiger partial charge in [-0.3, -0.25) is 4.79 Å². The van der Waals surface area contributed by atoms with E-state index < -0.39 is 0 Å². The third kappa shape index (κ3) is 2.60. The zero-order valence-corrected chi connectivity index (χ0v) is 11.0. The van der Waals surface area contributed by atoms with Crippen molar-refractivity contribution >= 4 is 17.7 Å². The number of hydrogen-bond donors (Lipinski definition) is 2. The molecule has 1 amide bonds. The van der Waals surface area contributed by atoms with Gasteiger partial charge in [0.2, 0.25) is 5.82 Å². The largest absolute Gasteiger partial charge is 0.348 e. The molecule has 19 heavy (non-hydrogen) atoms. The zero-order valence-electron chi connectivity index (χ0n) is 10.2. The lowest BCUT2D eigenvalue weighted by Crippen LogP contribution is -2.34. The predicted molar refractivity (Wildman–Crippen MR) is 72.8 cm³/mol. The van der Waals surface area contributed by atoms with Crippen molar-refractivity contribution in [3.05, 3.63) is 29.8 Å². The summed E-state index contributed by atoms with van der Waals surface area (Å²) in [7, 11) is 0. The second kappa shape index (κ2) is 5.40. The Morgan fingerprint density at radius 2 is 2.32 bits per heavy atom. The normalized spacial score (nSPS) is 18.4. The van der Waals surface area contributed by atoms with E-state index >= 15 is 0 Å². The van der Waals surface area contributed by atoms with E-state index in [1.807, 2.05) is 30.0 Å². The lowest BCUT2D eigenvalue weighted by molar-refractivity contribution is 0.0942. The van der Waals surface area contributed by atoms with Crippen LogP contribution in [0.15, 0.2) is 24.3 Å². The first kappa shape index (κ1) is 12.2. The fourth-order valence-corrected chi connectivity index (χ4v) is 3.22. The van der Waals surface area contributed by atoms with Gasteiger partial charge in [-0.15, -0.1) is 10.2 Å². The van der Waals surface area contributed by atoms with Crippen molar-refractivity contribution in [2.45, 2.75) is 12.5 Å². The van der Waals surface area contributed by atoms with Gasteiger partial charge in [-0.1, -0.05) is 18.2 Å². The van der Waals surface area contributed by atoms with Crippen molar-refractivity contribution in [2.24, 2.45) is 0 Å². The number of amides is 1. The molecule has 1 saturated heterocycles. The molecule has 3 rings (SSSR count). The Morgan fingerprint density at radius 3 is 3.05 bits per heavy atom. The molecule has 0 saturated carbocycles. The highest BCUT2D eigenvalue weighted by molar-refractivity contribution is 7.99. The number of nitrogens with zero attached hydrogens (tertiary/aromatic N) is 3. The third-order valence-corrected chi connectivity index (χ3v) is 4.19. The molecule has 0 aliphatic carbocycles. The van der Waals surface area contributed by atoms with Crippen molar-refractivity contribution in [1.82, 2.24) is 25.9 Å². The van der Waals surface area contributed by atoms with Gasteiger partial charge in [0.25, 0.3) is 5.91 Å². The molecule has 1 aliphatic rings. The van der Waals surface area contributed by atoms with Crippen molar-refractivity contribution in [3.8, 4) is 11.4 Å². The van der Waals surface area contributed by atoms with Crippen LogP contribution < -0.4 is 5.32 Å². The maximum atomic E-state index is 12.3. The van der Waals surface area contributed by atoms with E-state index in [1.54, 1.807) is 6.07 Å². The summed E-state index contributed by atoms with van der Waals surface area (Å²) >= 11 is 1.87. The van der Waals surface area contributed by atoms with Gasteiger partial charge in [0.05, 0.1) is 5.56 Å². The minimum Gasteiger partial charge on any atom is -0.348 e. The number of rotatable bonds is 3. The van der Waals surface area contributed by atoms with E-state index in [4.69, 9.17) is 0 Å². The molecule has 1 atom stereocenters. The Hall–Kier alpha value is -1.89. The van der Waals surface area contributed by atoms with Crippen LogP contribution in [0, 0.1) is 0 Å². The average Bonchev–Trinajstić information content (AvgIpc) is 3.11. The van der Waals surface area contributed by atoms with Crippen LogP contribution in [0.3, 0.4) is 0 Å². The lowest BCUT2D eigenvalue weighted by Gasteiger charge is -2.12. The summed E-state index contributed by atoms with van der Waals surface area (Å²) in [4.78, 5) is 12.3. The number of thioether (sulfide) groups is 1. The molecular formula is C12H13N5OS. The Morgan fingerprint density at radius 1 is 1.42 bits per heavy atom. The smallest absolute Gasteiger partial charge is 0.252 e. The van der Waals surface area contributed by atoms with Gasteiger partial charge in [0, 0.05) is 17.4 Å². The van der Waals surface area contributed by atoms with Gasteiger partial charge in [-0.25, -0.2) is 0 Å². The molecular weight excluding hydrogens is 262 g/mol. The number of tetrazole rings is 1. The standard InChI is InChI=1S/C12H13N5OS/c18-12(13-8-5-6-19-7-8)10-4-2-1-3-9(10)11-14-16-17-15-11/h1-4,8H,5-7H2,(H,13,18)(H,14,15,16,17)/t8-/m1/s1. The van der Waals surface area contributed by atoms with Crippen LogP contribution >= 0.6 is 11.8 Å². The maximum absolute atomic E-state index is 12.3. The Kier molecular flexibility index (Phi) is 3.45. The van der Waals surface area contributed by atoms with Crippen LogP contribution in [0.1, 0.15) is 16.8 Å². The molecule has 0 radical (unpaired) electrons. The summed E-state index contributed by atoms with van der Waals surface area (Å²) in [5.74, 6) is 2.45. The molecule has 2 heterocycles. The Labute approximate surface area is 114 Å². The second-order valence-corrected chi connectivity index (χ2v) is 5.46. The van der Waals surface area contributed by atoms with Gasteiger partial charge < -0.3 is 5.32 Å². The third-order valence-electron chi connectivity index (χ3n) is 3.02. The van der Waals surface area contributed by atoms with Crippen LogP contribution in [0.4, 0.5) is 0 Å². The number of H-pyrrole nitrogens is 1. The molecule has 1 fully saturated rings. The summed E-state index contributed by atoms with van der Waals surface area (Å²) in [6.07, 6.45) is 1.03. The molecule has 0 spiro atoms. The van der Waals surface area contributed by atoms with Crippen molar-refractivity contribution in [3.63, 3.8) is 0 Å². The average molecular weight is 275 g/mol. The highest BCUT2D eigenvalue weighted by atomic mass is 32.2. The molecule has 2 aromatic rings. The van der Waals surface area contributed by atoms with Gasteiger partial charge in [0.1, 0.15) is 0 Å². The van der Waals surface area contributed by atoms with Crippen LogP contribution in [0.2, 0.25) is 0 Å². The van der Waals surface area contributed by atoms with Crippen LogP contribution in [-0.2, 0) is 0 Å². The number of hydrogen-bond acceptors (Lipinski definition) is 5. The Balaban J connectivity index is 1.85. The number of benzene rings is 1. The summed E-state index contributed by atoms with van der Waals surface area (Å²) in [6, 6.07) is 7.55. The molecule has 1 aliphatic heterocycles. The number of aromatic nitrogens is 4. The topological polar surface area (TPSA) is 83.6 Å². The van der Waals surface area contributed by atoms with Crippen molar-refractivity contribution in [1.29, 1.82) is 0 Å². The molecule has 0 bridgehead atoms. The molecule has 2 N–H and O–H groups in total. The minimum absolute atomic E-state index is 0.0760. The van der Waals surface area contributed by atoms with Crippen LogP contribution in [0.25, 0.3) is 11.4 Å². The van der Waals surface area contributed by atoms with E-state index in [9.17, 15) is 4.79 Å². The zero-order chi connectivity index (χ0) is 13.1. The van der Waals surface area contributed by atoms with E-state index in [-0.39, 0.29) is 11.9 Å². The first-order valence-corrected chi connectivity index (χ1v) is 7.21. The summed E-state index contributed by atoms with van der Waals surface area (Å²) in [6.45, 7) is 0. The van der Waals surface area contributed by atoms with Crippen LogP contribution in [0.5, 0.6) is 0 Å². The molecule has 6 nitrogen and oxygen atoms in total. The van der Waals surface area contributed by atoms with E-state index in [0.717, 1.165) is 17.9 Å². The maximum Gasteiger partial charge on any atom is 0.252 e. The highest BCUT2D eigenvalue weighted by Crippen LogP contribution is 2.21. The van der Waals surface area contributed by atoms with E-state index in [2.05, 4.69) is 25.9 Å². The van der Waals surface area contributed by atoms with E-state index in [1.165, 1.54) is 0 Å². The van der Waals surface area contributed by atoms with E-state index in [0.29, 0.717) is 17.0 Å². The van der Waals surface area contributed by atoms with Gasteiger partial charge in [-0.05, 0) is 23.5 Å². The second-order valence-electron chi connectivity index (χ2n) is 4.31. The lowest BCUT2D eigenvalue weighted by atomic mass is 10.1. The quantitative estimate of drug-likeness (QED) is 0.876. The summed E-state index contributed by atoms with van der Waals surface area (Å²) in [5.41, 5.74) is 1.28. The monoisotopic (exact) mass is 275 g/mol. The highest BCUT2D eigenvalue weighted by Gasteiger charge is 2.21. The Bertz CT molecular complexity index is 565. The first-order valence-electron chi connectivity index (χ1n) is 6.06. The van der Waals surface area contributed by atoms with Gasteiger partial charge in [0.15, 0.2) is 0 Å². The van der Waals surface area contributed by atoms with Crippen molar-refractivity contribution < 1.29 is 4.79 Å². The molecule has 1 aromatic heterocycles. The number of carbonyl (C=O) groups excluding carboxylic acids is 1. The molecule has 7 heteroatoms. The first-order chi connectivity index (χ1) is 9.34. The van der Waals surface area contributed by atoms with Gasteiger partial charge in [-0.2, -0.15) is 17.0 Å². The SMILES string of the molecule is O=C(N[C@@H]1CCSC1)c1ccccc1-c1nn[nH]n1. The van der Waals surface area contributed by atoms with Crippen LogP contribution in [-0.4, -0.2) is 44.1 Å². The number of aromatic amines is 1. The predicted octanol–water partition coefficient (Wildman–Crippen LogP) is 1.10. The number of carbonyl (C=O) groups is 1. The molecule has 0 unspecified atom stereocenters.